The van der Waals surface area contributed by atoms with Gasteiger partial charge in [0.05, 0.1) is 0 Å². The first-order valence-corrected chi connectivity index (χ1v) is 6.27. The van der Waals surface area contributed by atoms with Gasteiger partial charge in [0.2, 0.25) is 0 Å². The lowest BCUT2D eigenvalue weighted by atomic mass is 10.1. The van der Waals surface area contributed by atoms with Crippen molar-refractivity contribution in [1.29, 1.82) is 0 Å². The number of unbranched alkanes of at least 4 members (excludes halogenated alkanes) is 2. The van der Waals surface area contributed by atoms with E-state index in [1.165, 1.54) is 19.3 Å². The van der Waals surface area contributed by atoms with Crippen molar-refractivity contribution < 1.29 is 22.6 Å². The highest BCUT2D eigenvalue weighted by Crippen LogP contribution is 2.03. The Morgan fingerprint density at radius 2 is 1.67 bits per heavy atom. The fraction of sp³-hybridized carbons (Fsp3) is 1.00. The van der Waals surface area contributed by atoms with Crippen molar-refractivity contribution in [2.24, 2.45) is 5.73 Å². The molecule has 0 saturated heterocycles. The second-order valence-electron chi connectivity index (χ2n) is 3.22. The Bertz CT molecular complexity index is 209. The molecule has 0 amide bonds. The van der Waals surface area contributed by atoms with E-state index in [4.69, 9.17) is 28.4 Å². The molecular formula is C8H21NO5S. The molecule has 0 aromatic rings. The number of aliphatic hydroxyl groups is 1. The molecule has 0 heterocycles. The summed E-state index contributed by atoms with van der Waals surface area (Å²) in [5.41, 5.74) is 5.66. The largest absolute Gasteiger partial charge is 0.396 e. The van der Waals surface area contributed by atoms with Crippen LogP contribution in [0.2, 0.25) is 0 Å². The minimum atomic E-state index is -4.67. The summed E-state index contributed by atoms with van der Waals surface area (Å²) in [6.07, 6.45) is 5.53. The van der Waals surface area contributed by atoms with Gasteiger partial charge in [-0.15, -0.1) is 0 Å². The van der Waals surface area contributed by atoms with Gasteiger partial charge in [0.15, 0.2) is 0 Å². The van der Waals surface area contributed by atoms with E-state index in [1.54, 1.807) is 0 Å². The van der Waals surface area contributed by atoms with Gasteiger partial charge < -0.3 is 10.8 Å². The first-order valence-electron chi connectivity index (χ1n) is 4.87. The van der Waals surface area contributed by atoms with E-state index < -0.39 is 10.4 Å². The summed E-state index contributed by atoms with van der Waals surface area (Å²) in [7, 11) is -4.67. The van der Waals surface area contributed by atoms with E-state index in [-0.39, 0.29) is 12.6 Å². The molecule has 0 aliphatic heterocycles. The number of nitrogens with two attached hydrogens (primary N) is 1. The van der Waals surface area contributed by atoms with Crippen LogP contribution in [0.25, 0.3) is 0 Å². The smallest absolute Gasteiger partial charge is 0.394 e. The van der Waals surface area contributed by atoms with Crippen molar-refractivity contribution in [3.8, 4) is 0 Å². The molecule has 0 saturated carbocycles. The summed E-state index contributed by atoms with van der Waals surface area (Å²) in [5, 5.41) is 8.51. The molecule has 0 spiro atoms. The topological polar surface area (TPSA) is 121 Å². The molecule has 7 heteroatoms. The van der Waals surface area contributed by atoms with E-state index in [9.17, 15) is 0 Å². The third kappa shape index (κ3) is 31.6. The highest BCUT2D eigenvalue weighted by Gasteiger charge is 1.99. The molecule has 5 N–H and O–H groups in total. The monoisotopic (exact) mass is 243 g/mol. The van der Waals surface area contributed by atoms with Gasteiger partial charge in [-0.1, -0.05) is 26.2 Å². The summed E-state index contributed by atoms with van der Waals surface area (Å²) in [4.78, 5) is 0. The maximum absolute atomic E-state index is 8.74. The van der Waals surface area contributed by atoms with Gasteiger partial charge in [-0.2, -0.15) is 8.42 Å². The number of hydrogen-bond acceptors (Lipinski definition) is 4. The average Bonchev–Trinajstić information content (AvgIpc) is 2.02. The van der Waals surface area contributed by atoms with E-state index in [2.05, 4.69) is 6.92 Å². The van der Waals surface area contributed by atoms with Crippen molar-refractivity contribution in [3.05, 3.63) is 0 Å². The third-order valence-corrected chi connectivity index (χ3v) is 1.68. The van der Waals surface area contributed by atoms with Gasteiger partial charge in [0.25, 0.3) is 0 Å². The van der Waals surface area contributed by atoms with E-state index in [0.717, 1.165) is 12.8 Å². The van der Waals surface area contributed by atoms with Crippen LogP contribution in [0.4, 0.5) is 0 Å². The standard InChI is InChI=1S/C8H19NO.H2O4S/c1-2-3-4-5-8(9)6-7-10;1-5(2,3)4/h8,10H,2-7,9H2,1H3;(H2,1,2,3,4). The second-order valence-corrected chi connectivity index (χ2v) is 4.11. The van der Waals surface area contributed by atoms with Gasteiger partial charge >= 0.3 is 10.4 Å². The van der Waals surface area contributed by atoms with Gasteiger partial charge in [-0.25, -0.2) is 0 Å². The molecule has 94 valence electrons. The first-order chi connectivity index (χ1) is 6.81. The SMILES string of the molecule is CCCCCC(N)CCO.O=S(=O)(O)O. The van der Waals surface area contributed by atoms with Crippen LogP contribution in [0.5, 0.6) is 0 Å². The molecule has 1 unspecified atom stereocenters. The van der Waals surface area contributed by atoms with E-state index in [0.29, 0.717) is 0 Å². The Morgan fingerprint density at radius 3 is 2.00 bits per heavy atom. The predicted molar refractivity (Wildman–Crippen MR) is 58.0 cm³/mol. The van der Waals surface area contributed by atoms with Gasteiger partial charge in [-0.3, -0.25) is 9.11 Å². The fourth-order valence-electron chi connectivity index (χ4n) is 0.967. The fourth-order valence-corrected chi connectivity index (χ4v) is 0.967. The van der Waals surface area contributed by atoms with Crippen molar-refractivity contribution in [3.63, 3.8) is 0 Å². The quantitative estimate of drug-likeness (QED) is 0.401. The van der Waals surface area contributed by atoms with Crippen LogP contribution in [-0.4, -0.2) is 35.3 Å². The van der Waals surface area contributed by atoms with Crippen LogP contribution in [0.1, 0.15) is 39.0 Å². The maximum Gasteiger partial charge on any atom is 0.394 e. The summed E-state index contributed by atoms with van der Waals surface area (Å²) < 4.78 is 31.6. The van der Waals surface area contributed by atoms with E-state index >= 15 is 0 Å². The van der Waals surface area contributed by atoms with Crippen LogP contribution >= 0.6 is 0 Å². The predicted octanol–water partition coefficient (Wildman–Crippen LogP) is 0.624. The third-order valence-electron chi connectivity index (χ3n) is 1.68. The van der Waals surface area contributed by atoms with Crippen LogP contribution in [0.3, 0.4) is 0 Å². The zero-order valence-corrected chi connectivity index (χ0v) is 9.78. The first kappa shape index (κ1) is 17.2. The highest BCUT2D eigenvalue weighted by atomic mass is 32.3. The lowest BCUT2D eigenvalue weighted by molar-refractivity contribution is 0.272. The molecule has 6 nitrogen and oxygen atoms in total. The summed E-state index contributed by atoms with van der Waals surface area (Å²) in [5.74, 6) is 0. The minimum Gasteiger partial charge on any atom is -0.396 e. The molecular weight excluding hydrogens is 222 g/mol. The Morgan fingerprint density at radius 1 is 1.20 bits per heavy atom. The molecule has 15 heavy (non-hydrogen) atoms. The molecule has 0 aliphatic carbocycles. The average molecular weight is 243 g/mol. The lowest BCUT2D eigenvalue weighted by Gasteiger charge is -2.07. The highest BCUT2D eigenvalue weighted by molar-refractivity contribution is 7.79. The van der Waals surface area contributed by atoms with Gasteiger partial charge in [0.1, 0.15) is 0 Å². The maximum atomic E-state index is 8.74. The normalized spacial score (nSPS) is 12.9. The number of aliphatic hydroxyl groups excluding tert-OH is 1. The van der Waals surface area contributed by atoms with Crippen LogP contribution < -0.4 is 5.73 Å². The Balaban J connectivity index is 0. The zero-order chi connectivity index (χ0) is 12.3. The molecule has 0 fully saturated rings. The van der Waals surface area contributed by atoms with Crippen LogP contribution in [0.15, 0.2) is 0 Å². The Labute approximate surface area is 91.1 Å². The minimum absolute atomic E-state index is 0.219. The van der Waals surface area contributed by atoms with E-state index in [1.807, 2.05) is 0 Å². The lowest BCUT2D eigenvalue weighted by Crippen LogP contribution is -2.20. The Kier molecular flexibility index (Phi) is 11.8. The molecule has 1 atom stereocenters. The summed E-state index contributed by atoms with van der Waals surface area (Å²) in [6, 6.07) is 0.219. The number of hydrogen-bond donors (Lipinski definition) is 4. The molecule has 0 aliphatic rings. The van der Waals surface area contributed by atoms with Crippen molar-refractivity contribution in [2.75, 3.05) is 6.61 Å². The van der Waals surface area contributed by atoms with Crippen molar-refractivity contribution in [2.45, 2.75) is 45.1 Å². The van der Waals surface area contributed by atoms with Crippen molar-refractivity contribution >= 4 is 10.4 Å². The molecule has 0 radical (unpaired) electrons. The summed E-state index contributed by atoms with van der Waals surface area (Å²) in [6.45, 7) is 2.41. The molecule has 0 rings (SSSR count). The molecule has 0 aromatic carbocycles. The second kappa shape index (κ2) is 10.3. The molecule has 0 bridgehead atoms. The summed E-state index contributed by atoms with van der Waals surface area (Å²) >= 11 is 0. The van der Waals surface area contributed by atoms with Crippen LogP contribution in [0, 0.1) is 0 Å². The van der Waals surface area contributed by atoms with Gasteiger partial charge in [0, 0.05) is 12.6 Å². The van der Waals surface area contributed by atoms with Gasteiger partial charge in [-0.05, 0) is 12.8 Å². The Hall–Kier alpha value is -0.210. The number of rotatable bonds is 6. The zero-order valence-electron chi connectivity index (χ0n) is 8.96. The van der Waals surface area contributed by atoms with Crippen molar-refractivity contribution in [1.82, 2.24) is 0 Å². The van der Waals surface area contributed by atoms with Crippen LogP contribution in [-0.2, 0) is 10.4 Å². The molecule has 0 aromatic heterocycles.